The molecule has 3 rings (SSSR count). The molecule has 1 aliphatic heterocycles. The summed E-state index contributed by atoms with van der Waals surface area (Å²) in [7, 11) is 0. The molecular formula is C18H16ClNO4. The van der Waals surface area contributed by atoms with E-state index in [9.17, 15) is 9.90 Å². The molecule has 5 nitrogen and oxygen atoms in total. The number of carbonyl (C=O) groups is 1. The highest BCUT2D eigenvalue weighted by atomic mass is 35.5. The third-order valence-electron chi connectivity index (χ3n) is 3.78. The van der Waals surface area contributed by atoms with Gasteiger partial charge >= 0.3 is 5.97 Å². The summed E-state index contributed by atoms with van der Waals surface area (Å²) < 4.78 is 10.7. The van der Waals surface area contributed by atoms with Gasteiger partial charge in [-0.1, -0.05) is 29.8 Å². The molecule has 1 atom stereocenters. The van der Waals surface area contributed by atoms with Crippen LogP contribution in [0.5, 0.6) is 11.5 Å². The largest absolute Gasteiger partial charge is 0.508 e. The van der Waals surface area contributed by atoms with Crippen molar-refractivity contribution in [3.8, 4) is 11.5 Å². The van der Waals surface area contributed by atoms with Crippen molar-refractivity contribution in [1.29, 1.82) is 0 Å². The van der Waals surface area contributed by atoms with Gasteiger partial charge < -0.3 is 20.3 Å². The fourth-order valence-electron chi connectivity index (χ4n) is 2.75. The van der Waals surface area contributed by atoms with Crippen molar-refractivity contribution in [1.82, 2.24) is 0 Å². The van der Waals surface area contributed by atoms with Crippen LogP contribution in [0, 0.1) is 0 Å². The quantitative estimate of drug-likeness (QED) is 0.834. The van der Waals surface area contributed by atoms with Crippen LogP contribution in [0.4, 0.5) is 0 Å². The predicted octanol–water partition coefficient (Wildman–Crippen LogP) is 3.30. The molecule has 2 aromatic carbocycles. The first-order valence-corrected chi connectivity index (χ1v) is 7.82. The van der Waals surface area contributed by atoms with Crippen LogP contribution < -0.4 is 10.5 Å². The van der Waals surface area contributed by atoms with Gasteiger partial charge in [0.25, 0.3) is 0 Å². The Hall–Kier alpha value is -2.66. The van der Waals surface area contributed by atoms with Gasteiger partial charge in [0, 0.05) is 16.7 Å². The lowest BCUT2D eigenvalue weighted by Gasteiger charge is -2.28. The standard InChI is InChI=1S/C18H16ClNO4/c1-2-23-18(22)16-15(10-3-5-11(19)6-4-10)13-8-7-12(21)9-14(13)24-17(16)20/h3-9,15,21H,2,20H2,1H3/t15-/m0/s1. The number of aromatic hydroxyl groups is 1. The molecule has 1 aliphatic rings. The number of ether oxygens (including phenoxy) is 2. The number of hydrogen-bond acceptors (Lipinski definition) is 5. The smallest absolute Gasteiger partial charge is 0.340 e. The third-order valence-corrected chi connectivity index (χ3v) is 4.03. The summed E-state index contributed by atoms with van der Waals surface area (Å²) in [5.74, 6) is -0.581. The normalized spacial score (nSPS) is 16.3. The van der Waals surface area contributed by atoms with E-state index in [1.54, 1.807) is 25.1 Å². The minimum Gasteiger partial charge on any atom is -0.508 e. The molecule has 3 N–H and O–H groups in total. The van der Waals surface area contributed by atoms with E-state index in [4.69, 9.17) is 26.8 Å². The zero-order valence-corrected chi connectivity index (χ0v) is 13.7. The number of halogens is 1. The molecule has 0 radical (unpaired) electrons. The highest BCUT2D eigenvalue weighted by molar-refractivity contribution is 6.30. The Morgan fingerprint density at radius 1 is 1.29 bits per heavy atom. The molecule has 24 heavy (non-hydrogen) atoms. The summed E-state index contributed by atoms with van der Waals surface area (Å²) in [5.41, 5.74) is 7.75. The second-order valence-corrected chi connectivity index (χ2v) is 5.74. The number of esters is 1. The van der Waals surface area contributed by atoms with Crippen molar-refractivity contribution in [2.45, 2.75) is 12.8 Å². The fourth-order valence-corrected chi connectivity index (χ4v) is 2.88. The number of hydrogen-bond donors (Lipinski definition) is 2. The van der Waals surface area contributed by atoms with Crippen molar-refractivity contribution in [2.75, 3.05) is 6.61 Å². The van der Waals surface area contributed by atoms with E-state index in [0.717, 1.165) is 5.56 Å². The third kappa shape index (κ3) is 2.90. The average molecular weight is 346 g/mol. The molecule has 0 aliphatic carbocycles. The van der Waals surface area contributed by atoms with Crippen LogP contribution in [0.3, 0.4) is 0 Å². The summed E-state index contributed by atoms with van der Waals surface area (Å²) >= 11 is 5.96. The molecule has 0 unspecified atom stereocenters. The van der Waals surface area contributed by atoms with E-state index in [2.05, 4.69) is 0 Å². The lowest BCUT2D eigenvalue weighted by molar-refractivity contribution is -0.139. The predicted molar refractivity (Wildman–Crippen MR) is 89.9 cm³/mol. The number of phenolic OH excluding ortho intramolecular Hbond substituents is 1. The summed E-state index contributed by atoms with van der Waals surface area (Å²) in [4.78, 5) is 12.4. The maximum Gasteiger partial charge on any atom is 0.340 e. The van der Waals surface area contributed by atoms with Crippen LogP contribution in [-0.2, 0) is 9.53 Å². The molecule has 124 valence electrons. The minimum absolute atomic E-state index is 0.0356. The lowest BCUT2D eigenvalue weighted by Crippen LogP contribution is -2.27. The molecular weight excluding hydrogens is 330 g/mol. The monoisotopic (exact) mass is 345 g/mol. The maximum absolute atomic E-state index is 12.4. The van der Waals surface area contributed by atoms with Gasteiger partial charge in [-0.05, 0) is 30.7 Å². The topological polar surface area (TPSA) is 81.8 Å². The van der Waals surface area contributed by atoms with Crippen molar-refractivity contribution >= 4 is 17.6 Å². The van der Waals surface area contributed by atoms with Crippen LogP contribution in [0.2, 0.25) is 5.02 Å². The Bertz CT molecular complexity index is 814. The second-order valence-electron chi connectivity index (χ2n) is 5.31. The summed E-state index contributed by atoms with van der Waals surface area (Å²) in [6, 6.07) is 11.8. The molecule has 0 saturated heterocycles. The maximum atomic E-state index is 12.4. The van der Waals surface area contributed by atoms with Crippen molar-refractivity contribution in [2.24, 2.45) is 5.73 Å². The van der Waals surface area contributed by atoms with Crippen LogP contribution in [0.1, 0.15) is 24.0 Å². The van der Waals surface area contributed by atoms with Crippen molar-refractivity contribution in [3.63, 3.8) is 0 Å². The Kier molecular flexibility index (Phi) is 4.36. The van der Waals surface area contributed by atoms with Crippen molar-refractivity contribution < 1.29 is 19.4 Å². The molecule has 0 aromatic heterocycles. The first-order valence-electron chi connectivity index (χ1n) is 7.44. The van der Waals surface area contributed by atoms with E-state index in [1.807, 2.05) is 12.1 Å². The molecule has 0 amide bonds. The van der Waals surface area contributed by atoms with Gasteiger partial charge in [-0.3, -0.25) is 0 Å². The number of benzene rings is 2. The highest BCUT2D eigenvalue weighted by Crippen LogP contribution is 2.44. The molecule has 0 saturated carbocycles. The SMILES string of the molecule is CCOC(=O)C1=C(N)Oc2cc(O)ccc2[C@@H]1c1ccc(Cl)cc1. The zero-order valence-electron chi connectivity index (χ0n) is 13.0. The van der Waals surface area contributed by atoms with E-state index in [-0.39, 0.29) is 23.8 Å². The number of phenols is 1. The number of rotatable bonds is 3. The molecule has 0 spiro atoms. The van der Waals surface area contributed by atoms with Crippen LogP contribution in [0.25, 0.3) is 0 Å². The Morgan fingerprint density at radius 3 is 2.67 bits per heavy atom. The van der Waals surface area contributed by atoms with Gasteiger partial charge in [0.15, 0.2) is 0 Å². The summed E-state index contributed by atoms with van der Waals surface area (Å²) in [6.07, 6.45) is 0. The number of carbonyl (C=O) groups excluding carboxylic acids is 1. The van der Waals surface area contributed by atoms with Gasteiger partial charge in [-0.2, -0.15) is 0 Å². The molecule has 6 heteroatoms. The fraction of sp³-hybridized carbons (Fsp3) is 0.167. The van der Waals surface area contributed by atoms with Crippen molar-refractivity contribution in [3.05, 3.63) is 70.1 Å². The number of fused-ring (bicyclic) bond motifs is 1. The van der Waals surface area contributed by atoms with Gasteiger partial charge in [0.05, 0.1) is 12.5 Å². The first-order chi connectivity index (χ1) is 11.5. The van der Waals surface area contributed by atoms with Crippen LogP contribution >= 0.6 is 11.6 Å². The zero-order chi connectivity index (χ0) is 17.3. The van der Waals surface area contributed by atoms with E-state index < -0.39 is 11.9 Å². The minimum atomic E-state index is -0.534. The second kappa shape index (κ2) is 6.45. The summed E-state index contributed by atoms with van der Waals surface area (Å²) in [5, 5.41) is 10.3. The molecule has 1 heterocycles. The van der Waals surface area contributed by atoms with Crippen LogP contribution in [0.15, 0.2) is 53.9 Å². The number of nitrogens with two attached hydrogens (primary N) is 1. The lowest BCUT2D eigenvalue weighted by atomic mass is 9.83. The Labute approximate surface area is 144 Å². The van der Waals surface area contributed by atoms with E-state index >= 15 is 0 Å². The Morgan fingerprint density at radius 2 is 2.00 bits per heavy atom. The van der Waals surface area contributed by atoms with Gasteiger partial charge in [0.2, 0.25) is 5.88 Å². The van der Waals surface area contributed by atoms with Crippen LogP contribution in [-0.4, -0.2) is 17.7 Å². The van der Waals surface area contributed by atoms with E-state index in [0.29, 0.717) is 16.3 Å². The van der Waals surface area contributed by atoms with Gasteiger partial charge in [-0.15, -0.1) is 0 Å². The average Bonchev–Trinajstić information content (AvgIpc) is 2.54. The molecule has 2 aromatic rings. The molecule has 0 bridgehead atoms. The highest BCUT2D eigenvalue weighted by Gasteiger charge is 2.35. The summed E-state index contributed by atoms with van der Waals surface area (Å²) in [6.45, 7) is 1.95. The van der Waals surface area contributed by atoms with Gasteiger partial charge in [0.1, 0.15) is 17.1 Å². The Balaban J connectivity index is 2.18. The molecule has 0 fully saturated rings. The van der Waals surface area contributed by atoms with Gasteiger partial charge in [-0.25, -0.2) is 4.79 Å². The van der Waals surface area contributed by atoms with E-state index in [1.165, 1.54) is 12.1 Å². The first kappa shape index (κ1) is 16.2.